The maximum atomic E-state index is 12.3. The number of para-hydroxylation sites is 2. The average Bonchev–Trinajstić information content (AvgIpc) is 2.68. The van der Waals surface area contributed by atoms with E-state index in [9.17, 15) is 9.59 Å². The Labute approximate surface area is 157 Å². The highest BCUT2D eigenvalue weighted by atomic mass is 35.5. The summed E-state index contributed by atoms with van der Waals surface area (Å²) in [5, 5.41) is 3.41. The van der Waals surface area contributed by atoms with E-state index >= 15 is 0 Å². The Morgan fingerprint density at radius 3 is 2.38 bits per heavy atom. The maximum absolute atomic E-state index is 12.3. The molecule has 0 radical (unpaired) electrons. The van der Waals surface area contributed by atoms with E-state index in [-0.39, 0.29) is 24.3 Å². The highest BCUT2D eigenvalue weighted by Gasteiger charge is 2.27. The Bertz CT molecular complexity index is 759. The van der Waals surface area contributed by atoms with Crippen LogP contribution in [0.2, 0.25) is 5.02 Å². The molecule has 1 saturated heterocycles. The number of likely N-dealkylation sites (tertiary alicyclic amines) is 1. The van der Waals surface area contributed by atoms with Crippen molar-refractivity contribution in [1.29, 1.82) is 0 Å². The minimum Gasteiger partial charge on any atom is -0.482 e. The van der Waals surface area contributed by atoms with Gasteiger partial charge in [-0.25, -0.2) is 0 Å². The summed E-state index contributed by atoms with van der Waals surface area (Å²) in [5.74, 6) is 0.339. The Morgan fingerprint density at radius 1 is 1.04 bits per heavy atom. The lowest BCUT2D eigenvalue weighted by Crippen LogP contribution is -2.43. The molecule has 1 heterocycles. The third kappa shape index (κ3) is 4.76. The summed E-state index contributed by atoms with van der Waals surface area (Å²) in [4.78, 5) is 26.4. The minimum atomic E-state index is -0.0909. The van der Waals surface area contributed by atoms with Gasteiger partial charge in [0.05, 0.1) is 5.02 Å². The number of amides is 2. The van der Waals surface area contributed by atoms with Gasteiger partial charge in [-0.05, 0) is 37.1 Å². The summed E-state index contributed by atoms with van der Waals surface area (Å²) in [5.41, 5.74) is 0.796. The minimum absolute atomic E-state index is 0.00983. The molecule has 0 unspecified atom stereocenters. The first kappa shape index (κ1) is 18.3. The van der Waals surface area contributed by atoms with Crippen molar-refractivity contribution >= 4 is 29.1 Å². The summed E-state index contributed by atoms with van der Waals surface area (Å²) in [6.07, 6.45) is 1.30. The molecular formula is C20H21ClN2O3. The second kappa shape index (κ2) is 8.72. The molecule has 1 N–H and O–H groups in total. The molecule has 2 aromatic carbocycles. The van der Waals surface area contributed by atoms with Gasteiger partial charge < -0.3 is 15.0 Å². The summed E-state index contributed by atoms with van der Waals surface area (Å²) >= 11 is 6.02. The van der Waals surface area contributed by atoms with Crippen LogP contribution in [0.1, 0.15) is 12.8 Å². The van der Waals surface area contributed by atoms with Crippen molar-refractivity contribution in [2.75, 3.05) is 25.0 Å². The molecule has 3 rings (SSSR count). The van der Waals surface area contributed by atoms with Gasteiger partial charge >= 0.3 is 0 Å². The largest absolute Gasteiger partial charge is 0.482 e. The summed E-state index contributed by atoms with van der Waals surface area (Å²) in [7, 11) is 0. The zero-order chi connectivity index (χ0) is 18.4. The third-order valence-corrected chi connectivity index (χ3v) is 4.76. The van der Waals surface area contributed by atoms with Crippen molar-refractivity contribution < 1.29 is 14.3 Å². The SMILES string of the molecule is O=C(Nc1ccccc1)C1CCN(C(=O)COc2ccccc2Cl)CC1. The van der Waals surface area contributed by atoms with Crippen molar-refractivity contribution in [2.45, 2.75) is 12.8 Å². The lowest BCUT2D eigenvalue weighted by Gasteiger charge is -2.31. The Kier molecular flexibility index (Phi) is 6.12. The third-order valence-electron chi connectivity index (χ3n) is 4.45. The Morgan fingerprint density at radius 2 is 1.69 bits per heavy atom. The van der Waals surface area contributed by atoms with Crippen LogP contribution >= 0.6 is 11.6 Å². The second-order valence-corrected chi connectivity index (χ2v) is 6.64. The molecule has 1 aliphatic rings. The van der Waals surface area contributed by atoms with E-state index in [1.807, 2.05) is 42.5 Å². The first-order chi connectivity index (χ1) is 12.6. The van der Waals surface area contributed by atoms with Gasteiger partial charge in [-0.15, -0.1) is 0 Å². The smallest absolute Gasteiger partial charge is 0.260 e. The fourth-order valence-electron chi connectivity index (χ4n) is 2.95. The van der Waals surface area contributed by atoms with Crippen LogP contribution in [0, 0.1) is 5.92 Å². The molecule has 2 aromatic rings. The highest BCUT2D eigenvalue weighted by Crippen LogP contribution is 2.24. The lowest BCUT2D eigenvalue weighted by atomic mass is 9.95. The van der Waals surface area contributed by atoms with Crippen LogP contribution in [0.3, 0.4) is 0 Å². The molecule has 0 bridgehead atoms. The molecule has 0 aromatic heterocycles. The molecule has 0 atom stereocenters. The molecule has 26 heavy (non-hydrogen) atoms. The molecule has 0 spiro atoms. The van der Waals surface area contributed by atoms with Crippen molar-refractivity contribution in [3.05, 3.63) is 59.6 Å². The number of hydrogen-bond donors (Lipinski definition) is 1. The van der Waals surface area contributed by atoms with Crippen LogP contribution in [0.25, 0.3) is 0 Å². The normalized spacial score (nSPS) is 14.7. The van der Waals surface area contributed by atoms with Gasteiger partial charge in [0.1, 0.15) is 5.75 Å². The number of hydrogen-bond acceptors (Lipinski definition) is 3. The van der Waals surface area contributed by atoms with Gasteiger partial charge in [0.25, 0.3) is 5.91 Å². The van der Waals surface area contributed by atoms with E-state index in [0.29, 0.717) is 36.7 Å². The number of ether oxygens (including phenoxy) is 1. The van der Waals surface area contributed by atoms with E-state index in [1.54, 1.807) is 17.0 Å². The zero-order valence-electron chi connectivity index (χ0n) is 14.4. The van der Waals surface area contributed by atoms with Gasteiger partial charge in [-0.3, -0.25) is 9.59 Å². The Hall–Kier alpha value is -2.53. The number of carbonyl (C=O) groups excluding carboxylic acids is 2. The number of nitrogens with zero attached hydrogens (tertiary/aromatic N) is 1. The predicted molar refractivity (Wildman–Crippen MR) is 101 cm³/mol. The molecule has 6 heteroatoms. The second-order valence-electron chi connectivity index (χ2n) is 6.23. The predicted octanol–water partition coefficient (Wildman–Crippen LogP) is 3.60. The topological polar surface area (TPSA) is 58.6 Å². The quantitative estimate of drug-likeness (QED) is 0.872. The van der Waals surface area contributed by atoms with Crippen LogP contribution in [-0.2, 0) is 9.59 Å². The standard InChI is InChI=1S/C20H21ClN2O3/c21-17-8-4-5-9-18(17)26-14-19(24)23-12-10-15(11-13-23)20(25)22-16-6-2-1-3-7-16/h1-9,15H,10-14H2,(H,22,25). The number of benzene rings is 2. The summed E-state index contributed by atoms with van der Waals surface area (Å²) in [6, 6.07) is 16.5. The number of nitrogens with one attached hydrogen (secondary N) is 1. The fraction of sp³-hybridized carbons (Fsp3) is 0.300. The van der Waals surface area contributed by atoms with Gasteiger partial charge in [0, 0.05) is 24.7 Å². The van der Waals surface area contributed by atoms with Crippen molar-refractivity contribution in [3.63, 3.8) is 0 Å². The molecule has 1 aliphatic heterocycles. The van der Waals surface area contributed by atoms with Crippen LogP contribution in [-0.4, -0.2) is 36.4 Å². The zero-order valence-corrected chi connectivity index (χ0v) is 15.1. The van der Waals surface area contributed by atoms with Gasteiger partial charge in [-0.2, -0.15) is 0 Å². The molecule has 2 amide bonds. The molecule has 5 nitrogen and oxygen atoms in total. The van der Waals surface area contributed by atoms with E-state index in [0.717, 1.165) is 5.69 Å². The van der Waals surface area contributed by atoms with Crippen molar-refractivity contribution in [3.8, 4) is 5.75 Å². The van der Waals surface area contributed by atoms with Gasteiger partial charge in [0.2, 0.25) is 5.91 Å². The molecule has 0 aliphatic carbocycles. The monoisotopic (exact) mass is 372 g/mol. The molecular weight excluding hydrogens is 352 g/mol. The average molecular weight is 373 g/mol. The van der Waals surface area contributed by atoms with Crippen LogP contribution in [0.15, 0.2) is 54.6 Å². The summed E-state index contributed by atoms with van der Waals surface area (Å²) in [6.45, 7) is 1.06. The number of halogens is 1. The summed E-state index contributed by atoms with van der Waals surface area (Å²) < 4.78 is 5.50. The van der Waals surface area contributed by atoms with E-state index in [2.05, 4.69) is 5.32 Å². The van der Waals surface area contributed by atoms with E-state index < -0.39 is 0 Å². The van der Waals surface area contributed by atoms with Crippen molar-refractivity contribution in [2.24, 2.45) is 5.92 Å². The van der Waals surface area contributed by atoms with Gasteiger partial charge in [-0.1, -0.05) is 41.9 Å². The first-order valence-corrected chi connectivity index (χ1v) is 9.02. The van der Waals surface area contributed by atoms with Crippen LogP contribution in [0.5, 0.6) is 5.75 Å². The fourth-order valence-corrected chi connectivity index (χ4v) is 3.14. The van der Waals surface area contributed by atoms with Gasteiger partial charge in [0.15, 0.2) is 6.61 Å². The molecule has 0 saturated carbocycles. The van der Waals surface area contributed by atoms with Crippen LogP contribution < -0.4 is 10.1 Å². The van der Waals surface area contributed by atoms with Crippen molar-refractivity contribution in [1.82, 2.24) is 4.90 Å². The molecule has 136 valence electrons. The number of piperidine rings is 1. The van der Waals surface area contributed by atoms with Crippen LogP contribution in [0.4, 0.5) is 5.69 Å². The van der Waals surface area contributed by atoms with E-state index in [4.69, 9.17) is 16.3 Å². The Balaban J connectivity index is 1.45. The number of anilines is 1. The number of carbonyl (C=O) groups is 2. The maximum Gasteiger partial charge on any atom is 0.260 e. The first-order valence-electron chi connectivity index (χ1n) is 8.64. The van der Waals surface area contributed by atoms with E-state index in [1.165, 1.54) is 0 Å². The lowest BCUT2D eigenvalue weighted by molar-refractivity contribution is -0.136. The highest BCUT2D eigenvalue weighted by molar-refractivity contribution is 6.32. The number of rotatable bonds is 5. The molecule has 1 fully saturated rings.